The van der Waals surface area contributed by atoms with E-state index in [0.717, 1.165) is 0 Å². The van der Waals surface area contributed by atoms with Crippen LogP contribution in [0.5, 0.6) is 0 Å². The van der Waals surface area contributed by atoms with E-state index in [1.807, 2.05) is 13.8 Å². The van der Waals surface area contributed by atoms with Crippen LogP contribution in [0, 0.1) is 34.5 Å². The van der Waals surface area contributed by atoms with Gasteiger partial charge in [0.15, 0.2) is 17.2 Å². The van der Waals surface area contributed by atoms with Crippen molar-refractivity contribution >= 4 is 23.5 Å². The van der Waals surface area contributed by atoms with Crippen molar-refractivity contribution in [2.24, 2.45) is 34.5 Å². The summed E-state index contributed by atoms with van der Waals surface area (Å²) in [6.07, 6.45) is 4.29. The number of aliphatic hydroxyl groups excluding tert-OH is 1. The Balaban J connectivity index is 1.57. The van der Waals surface area contributed by atoms with Crippen molar-refractivity contribution in [2.45, 2.75) is 71.1 Å². The third-order valence-electron chi connectivity index (χ3n) is 9.25. The maximum absolute atomic E-state index is 17.1. The largest absolute Gasteiger partial charge is 0.481 e. The lowest BCUT2D eigenvalue weighted by atomic mass is 9.45. The van der Waals surface area contributed by atoms with Crippen LogP contribution in [-0.2, 0) is 23.9 Å². The number of halogens is 1. The molecule has 4 aliphatic rings. The van der Waals surface area contributed by atoms with Crippen LogP contribution < -0.4 is 0 Å². The van der Waals surface area contributed by atoms with E-state index in [-0.39, 0.29) is 42.7 Å². The topological polar surface area (TPSA) is 118 Å². The highest BCUT2D eigenvalue weighted by Gasteiger charge is 2.71. The first-order valence-electron chi connectivity index (χ1n) is 12.1. The molecule has 4 rings (SSSR count). The number of esters is 1. The van der Waals surface area contributed by atoms with Gasteiger partial charge in [-0.25, -0.2) is 4.39 Å². The first-order chi connectivity index (χ1) is 15.8. The highest BCUT2D eigenvalue weighted by Crippen LogP contribution is 2.69. The van der Waals surface area contributed by atoms with Crippen LogP contribution in [0.15, 0.2) is 23.8 Å². The average molecular weight is 477 g/mol. The molecule has 3 fully saturated rings. The lowest BCUT2D eigenvalue weighted by Crippen LogP contribution is -2.66. The van der Waals surface area contributed by atoms with Crippen molar-refractivity contribution in [2.75, 3.05) is 6.61 Å². The number of carbonyl (C=O) groups excluding carboxylic acids is 3. The molecule has 8 heteroatoms. The molecule has 2 N–H and O–H groups in total. The molecule has 186 valence electrons. The zero-order valence-corrected chi connectivity index (χ0v) is 19.9. The van der Waals surface area contributed by atoms with Gasteiger partial charge in [0.25, 0.3) is 0 Å². The first kappa shape index (κ1) is 24.8. The van der Waals surface area contributed by atoms with Gasteiger partial charge in [-0.05, 0) is 62.0 Å². The number of allylic oxidation sites excluding steroid dienone is 4. The zero-order valence-electron chi connectivity index (χ0n) is 19.9. The molecule has 0 spiro atoms. The molecular formula is C26H33FO7. The third-order valence-corrected chi connectivity index (χ3v) is 9.25. The Kier molecular flexibility index (Phi) is 6.12. The Hall–Kier alpha value is -2.35. The van der Waals surface area contributed by atoms with E-state index in [4.69, 9.17) is 9.84 Å². The molecule has 0 aliphatic heterocycles. The lowest BCUT2D eigenvalue weighted by Gasteiger charge is -2.61. The van der Waals surface area contributed by atoms with Gasteiger partial charge >= 0.3 is 11.9 Å². The Morgan fingerprint density at radius 2 is 1.91 bits per heavy atom. The van der Waals surface area contributed by atoms with Gasteiger partial charge in [0.1, 0.15) is 6.61 Å². The first-order valence-corrected chi connectivity index (χ1v) is 12.1. The van der Waals surface area contributed by atoms with E-state index in [2.05, 4.69) is 0 Å². The molecule has 0 aromatic heterocycles. The maximum atomic E-state index is 17.1. The average Bonchev–Trinajstić information content (AvgIpc) is 3.02. The number of fused-ring (bicyclic) bond motifs is 5. The summed E-state index contributed by atoms with van der Waals surface area (Å²) in [5, 5.41) is 20.0. The van der Waals surface area contributed by atoms with Crippen LogP contribution in [-0.4, -0.2) is 52.1 Å². The van der Waals surface area contributed by atoms with Gasteiger partial charge < -0.3 is 14.9 Å². The van der Waals surface area contributed by atoms with Crippen LogP contribution in [0.25, 0.3) is 0 Å². The monoisotopic (exact) mass is 476 g/mol. The van der Waals surface area contributed by atoms with Gasteiger partial charge in [0, 0.05) is 17.3 Å². The molecule has 3 saturated carbocycles. The summed E-state index contributed by atoms with van der Waals surface area (Å²) in [6, 6.07) is 0. The Morgan fingerprint density at radius 1 is 1.21 bits per heavy atom. The maximum Gasteiger partial charge on any atom is 0.306 e. The predicted molar refractivity (Wildman–Crippen MR) is 119 cm³/mol. The minimum atomic E-state index is -1.95. The van der Waals surface area contributed by atoms with Gasteiger partial charge in [-0.3, -0.25) is 19.2 Å². The fraction of sp³-hybridized carbons (Fsp3) is 0.692. The number of aliphatic carboxylic acids is 1. The van der Waals surface area contributed by atoms with Crippen molar-refractivity contribution < 1.29 is 38.5 Å². The van der Waals surface area contributed by atoms with Crippen LogP contribution >= 0.6 is 0 Å². The molecule has 0 aromatic carbocycles. The summed E-state index contributed by atoms with van der Waals surface area (Å²) < 4.78 is 22.1. The summed E-state index contributed by atoms with van der Waals surface area (Å²) in [7, 11) is 0. The summed E-state index contributed by atoms with van der Waals surface area (Å²) in [6.45, 7) is 5.19. The smallest absolute Gasteiger partial charge is 0.306 e. The molecule has 0 saturated heterocycles. The number of aliphatic hydroxyl groups is 1. The van der Waals surface area contributed by atoms with E-state index in [1.165, 1.54) is 12.2 Å². The van der Waals surface area contributed by atoms with Crippen LogP contribution in [0.1, 0.15) is 59.3 Å². The molecule has 1 unspecified atom stereocenters. The number of hydrogen-bond donors (Lipinski definition) is 2. The summed E-state index contributed by atoms with van der Waals surface area (Å²) in [5.74, 6) is -3.50. The number of rotatable bonds is 6. The molecule has 0 bridgehead atoms. The second-order valence-electron chi connectivity index (χ2n) is 11.1. The van der Waals surface area contributed by atoms with Crippen molar-refractivity contribution in [1.29, 1.82) is 0 Å². The summed E-state index contributed by atoms with van der Waals surface area (Å²) in [4.78, 5) is 47.6. The zero-order chi connectivity index (χ0) is 25.1. The Labute approximate surface area is 198 Å². The van der Waals surface area contributed by atoms with E-state index in [9.17, 15) is 24.3 Å². The molecule has 7 nitrogen and oxygen atoms in total. The van der Waals surface area contributed by atoms with Crippen molar-refractivity contribution in [3.05, 3.63) is 23.8 Å². The molecule has 0 heterocycles. The van der Waals surface area contributed by atoms with Gasteiger partial charge in [0.2, 0.25) is 0 Å². The molecule has 4 aliphatic carbocycles. The second kappa shape index (κ2) is 8.40. The number of Topliss-reactive ketones (excluding diaryl/α,β-unsaturated/α-hetero) is 1. The van der Waals surface area contributed by atoms with Gasteiger partial charge in [0.05, 0.1) is 18.9 Å². The molecule has 0 aromatic rings. The molecule has 8 atom stereocenters. The van der Waals surface area contributed by atoms with Crippen molar-refractivity contribution in [1.82, 2.24) is 0 Å². The normalized spacial score (nSPS) is 42.8. The van der Waals surface area contributed by atoms with E-state index >= 15 is 4.39 Å². The van der Waals surface area contributed by atoms with Crippen LogP contribution in [0.3, 0.4) is 0 Å². The molecular weight excluding hydrogens is 443 g/mol. The number of ether oxygens (including phenoxy) is 1. The minimum Gasteiger partial charge on any atom is -0.481 e. The summed E-state index contributed by atoms with van der Waals surface area (Å²) in [5.41, 5.74) is -2.96. The molecule has 0 amide bonds. The number of hydrogen-bond acceptors (Lipinski definition) is 6. The molecule has 34 heavy (non-hydrogen) atoms. The third kappa shape index (κ3) is 3.56. The van der Waals surface area contributed by atoms with Gasteiger partial charge in [-0.1, -0.05) is 25.5 Å². The highest BCUT2D eigenvalue weighted by atomic mass is 19.1. The number of carboxylic acid groups (broad SMARTS) is 1. The van der Waals surface area contributed by atoms with Crippen molar-refractivity contribution in [3.63, 3.8) is 0 Å². The summed E-state index contributed by atoms with van der Waals surface area (Å²) >= 11 is 0. The second-order valence-corrected chi connectivity index (χ2v) is 11.1. The molecule has 0 radical (unpaired) electrons. The Bertz CT molecular complexity index is 986. The predicted octanol–water partition coefficient (Wildman–Crippen LogP) is 3.20. The number of alkyl halides is 1. The number of carboxylic acids is 1. The number of carbonyl (C=O) groups is 4. The SMILES string of the molecule is C[C@@H]1C[C@H]2[C@@H]3CCC4=CC(=O)C=C[C@]4(C)[C@@]3(F)[C@@H](O)C[C@]2(C)C1C(=O)COC(=O)CCC(=O)O. The Morgan fingerprint density at radius 3 is 2.59 bits per heavy atom. The fourth-order valence-electron chi connectivity index (χ4n) is 7.79. The standard InChI is InChI=1S/C26H33FO7/c1-14-10-18-17-5-4-15-11-16(28)8-9-25(15,3)26(17,27)20(30)12-24(18,2)23(14)19(29)13-34-22(33)7-6-21(31)32/h8-9,11,14,17-18,20,23,30H,4-7,10,12-13H2,1-3H3,(H,31,32)/t14-,17+,18+,20+,23?,24+,25+,26+/m1/s1. The van der Waals surface area contributed by atoms with E-state index in [0.29, 0.717) is 24.8 Å². The quantitative estimate of drug-likeness (QED) is 0.565. The van der Waals surface area contributed by atoms with Crippen molar-refractivity contribution in [3.8, 4) is 0 Å². The lowest BCUT2D eigenvalue weighted by molar-refractivity contribution is -0.196. The fourth-order valence-corrected chi connectivity index (χ4v) is 7.79. The van der Waals surface area contributed by atoms with E-state index < -0.39 is 53.0 Å². The van der Waals surface area contributed by atoms with Gasteiger partial charge in [-0.15, -0.1) is 0 Å². The highest BCUT2D eigenvalue weighted by molar-refractivity contribution is 6.01. The minimum absolute atomic E-state index is 0.0806. The number of ketones is 2. The van der Waals surface area contributed by atoms with Crippen LogP contribution in [0.2, 0.25) is 0 Å². The van der Waals surface area contributed by atoms with Gasteiger partial charge in [-0.2, -0.15) is 0 Å². The van der Waals surface area contributed by atoms with E-state index in [1.54, 1.807) is 13.0 Å². The van der Waals surface area contributed by atoms with Crippen LogP contribution in [0.4, 0.5) is 4.39 Å².